The first-order valence-corrected chi connectivity index (χ1v) is 4.36. The van der Waals surface area contributed by atoms with Crippen molar-refractivity contribution in [2.24, 2.45) is 5.73 Å². The number of aliphatic hydroxyl groups is 1. The molecule has 0 saturated heterocycles. The lowest BCUT2D eigenvalue weighted by Gasteiger charge is -2.11. The van der Waals surface area contributed by atoms with Crippen LogP contribution in [0.15, 0.2) is 12.1 Å². The van der Waals surface area contributed by atoms with E-state index in [9.17, 15) is 5.11 Å². The monoisotopic (exact) mass is 221 g/mol. The third kappa shape index (κ3) is 2.06. The van der Waals surface area contributed by atoms with Gasteiger partial charge in [-0.1, -0.05) is 29.3 Å². The molecular weight excluding hydrogens is 213 g/mol. The number of phenols is 1. The van der Waals surface area contributed by atoms with Gasteiger partial charge in [-0.25, -0.2) is 0 Å². The molecule has 0 fully saturated rings. The van der Waals surface area contributed by atoms with E-state index >= 15 is 0 Å². The number of phenolic OH excluding ortho intramolecular Hbond substituents is 1. The zero-order valence-corrected chi connectivity index (χ0v) is 8.18. The normalized spacial score (nSPS) is 12.9. The average molecular weight is 222 g/mol. The third-order valence-corrected chi connectivity index (χ3v) is 2.49. The second-order valence-electron chi connectivity index (χ2n) is 2.59. The molecule has 0 aliphatic rings. The van der Waals surface area contributed by atoms with Gasteiger partial charge in [0.1, 0.15) is 10.8 Å². The molecule has 1 aromatic carbocycles. The van der Waals surface area contributed by atoms with Gasteiger partial charge in [0, 0.05) is 5.56 Å². The predicted molar refractivity (Wildman–Crippen MR) is 52.1 cm³/mol. The highest BCUT2D eigenvalue weighted by Gasteiger charge is 2.14. The first-order chi connectivity index (χ1) is 6.07. The molecule has 1 aromatic rings. The van der Waals surface area contributed by atoms with Gasteiger partial charge >= 0.3 is 0 Å². The minimum atomic E-state index is -0.644. The van der Waals surface area contributed by atoms with Gasteiger partial charge in [-0.15, -0.1) is 0 Å². The van der Waals surface area contributed by atoms with Crippen LogP contribution in [0.5, 0.6) is 5.75 Å². The van der Waals surface area contributed by atoms with E-state index in [0.29, 0.717) is 5.56 Å². The summed E-state index contributed by atoms with van der Waals surface area (Å²) in [7, 11) is 0. The molecule has 3 nitrogen and oxygen atoms in total. The summed E-state index contributed by atoms with van der Waals surface area (Å²) in [6.07, 6.45) is 0. The van der Waals surface area contributed by atoms with Crippen LogP contribution >= 0.6 is 23.2 Å². The van der Waals surface area contributed by atoms with Crippen LogP contribution in [-0.2, 0) is 0 Å². The van der Waals surface area contributed by atoms with Crippen molar-refractivity contribution in [2.75, 3.05) is 6.61 Å². The number of hydrogen-bond acceptors (Lipinski definition) is 3. The van der Waals surface area contributed by atoms with Gasteiger partial charge in [0.25, 0.3) is 0 Å². The molecule has 1 rings (SSSR count). The lowest BCUT2D eigenvalue weighted by Crippen LogP contribution is -2.14. The second kappa shape index (κ2) is 4.15. The number of halogens is 2. The first-order valence-electron chi connectivity index (χ1n) is 3.61. The van der Waals surface area contributed by atoms with Crippen molar-refractivity contribution in [3.05, 3.63) is 27.7 Å². The van der Waals surface area contributed by atoms with Crippen LogP contribution in [0.2, 0.25) is 10.0 Å². The molecule has 0 heterocycles. The maximum atomic E-state index is 9.47. The van der Waals surface area contributed by atoms with Crippen LogP contribution in [0.3, 0.4) is 0 Å². The van der Waals surface area contributed by atoms with Crippen LogP contribution in [0.4, 0.5) is 0 Å². The summed E-state index contributed by atoms with van der Waals surface area (Å²) in [6, 6.07) is 2.41. The second-order valence-corrected chi connectivity index (χ2v) is 3.37. The molecule has 0 amide bonds. The molecule has 0 aliphatic heterocycles. The molecule has 13 heavy (non-hydrogen) atoms. The van der Waals surface area contributed by atoms with E-state index in [0.717, 1.165) is 0 Å². The van der Waals surface area contributed by atoms with Crippen LogP contribution in [0.25, 0.3) is 0 Å². The van der Waals surface area contributed by atoms with Gasteiger partial charge < -0.3 is 15.9 Å². The molecular formula is C8H9Cl2NO2. The van der Waals surface area contributed by atoms with Gasteiger partial charge in [0.05, 0.1) is 17.7 Å². The van der Waals surface area contributed by atoms with Crippen molar-refractivity contribution in [3.63, 3.8) is 0 Å². The Morgan fingerprint density at radius 2 is 2.00 bits per heavy atom. The Bertz CT molecular complexity index is 317. The fraction of sp³-hybridized carbons (Fsp3) is 0.250. The Morgan fingerprint density at radius 1 is 1.38 bits per heavy atom. The van der Waals surface area contributed by atoms with E-state index < -0.39 is 6.04 Å². The van der Waals surface area contributed by atoms with E-state index in [1.807, 2.05) is 0 Å². The summed E-state index contributed by atoms with van der Waals surface area (Å²) in [5, 5.41) is 18.5. The molecule has 0 aromatic heterocycles. The summed E-state index contributed by atoms with van der Waals surface area (Å²) in [4.78, 5) is 0. The highest BCUT2D eigenvalue weighted by Crippen LogP contribution is 2.36. The molecule has 0 spiro atoms. The quantitative estimate of drug-likeness (QED) is 0.713. The van der Waals surface area contributed by atoms with Crippen LogP contribution in [0, 0.1) is 0 Å². The number of benzene rings is 1. The maximum Gasteiger partial charge on any atom is 0.140 e. The van der Waals surface area contributed by atoms with Gasteiger partial charge in [0.2, 0.25) is 0 Å². The molecule has 1 atom stereocenters. The third-order valence-electron chi connectivity index (χ3n) is 1.70. The fourth-order valence-electron chi connectivity index (χ4n) is 0.952. The molecule has 0 unspecified atom stereocenters. The Kier molecular flexibility index (Phi) is 3.39. The fourth-order valence-corrected chi connectivity index (χ4v) is 1.28. The number of nitrogens with two attached hydrogens (primary N) is 1. The molecule has 4 N–H and O–H groups in total. The van der Waals surface area contributed by atoms with Crippen molar-refractivity contribution in [3.8, 4) is 5.75 Å². The van der Waals surface area contributed by atoms with E-state index in [1.165, 1.54) is 12.1 Å². The molecule has 72 valence electrons. The number of hydrogen-bond donors (Lipinski definition) is 3. The van der Waals surface area contributed by atoms with Crippen molar-refractivity contribution in [1.29, 1.82) is 0 Å². The Morgan fingerprint density at radius 3 is 2.54 bits per heavy atom. The zero-order chi connectivity index (χ0) is 10.0. The number of aromatic hydroxyl groups is 1. The maximum absolute atomic E-state index is 9.47. The van der Waals surface area contributed by atoms with Crippen LogP contribution in [0.1, 0.15) is 11.6 Å². The topological polar surface area (TPSA) is 66.5 Å². The van der Waals surface area contributed by atoms with Gasteiger partial charge in [-0.2, -0.15) is 0 Å². The molecule has 0 aliphatic carbocycles. The van der Waals surface area contributed by atoms with E-state index in [4.69, 9.17) is 34.0 Å². The van der Waals surface area contributed by atoms with Gasteiger partial charge in [-0.05, 0) is 6.07 Å². The average Bonchev–Trinajstić information content (AvgIpc) is 2.13. The summed E-state index contributed by atoms with van der Waals surface area (Å²) in [6.45, 7) is -0.258. The van der Waals surface area contributed by atoms with Crippen molar-refractivity contribution in [2.45, 2.75) is 6.04 Å². The smallest absolute Gasteiger partial charge is 0.140 e. The first kappa shape index (κ1) is 10.6. The lowest BCUT2D eigenvalue weighted by atomic mass is 10.1. The van der Waals surface area contributed by atoms with E-state index in [2.05, 4.69) is 0 Å². The van der Waals surface area contributed by atoms with E-state index in [-0.39, 0.29) is 22.4 Å². The minimum Gasteiger partial charge on any atom is -0.506 e. The number of rotatable bonds is 2. The molecule has 0 radical (unpaired) electrons. The summed E-state index contributed by atoms with van der Waals surface area (Å²) in [5.74, 6) is -0.171. The summed E-state index contributed by atoms with van der Waals surface area (Å²) in [5.41, 5.74) is 5.89. The lowest BCUT2D eigenvalue weighted by molar-refractivity contribution is 0.265. The summed E-state index contributed by atoms with van der Waals surface area (Å²) >= 11 is 11.3. The predicted octanol–water partition coefficient (Wildman–Crippen LogP) is 1.69. The van der Waals surface area contributed by atoms with Crippen molar-refractivity contribution < 1.29 is 10.2 Å². The summed E-state index contributed by atoms with van der Waals surface area (Å²) < 4.78 is 0. The molecule has 0 bridgehead atoms. The minimum absolute atomic E-state index is 0.0584. The Balaban J connectivity index is 3.18. The SMILES string of the molecule is N[C@@H](CO)c1ccc(Cl)c(Cl)c1O. The number of aliphatic hydroxyl groups excluding tert-OH is 1. The highest BCUT2D eigenvalue weighted by atomic mass is 35.5. The van der Waals surface area contributed by atoms with Crippen LogP contribution in [-0.4, -0.2) is 16.8 Å². The zero-order valence-electron chi connectivity index (χ0n) is 6.67. The largest absolute Gasteiger partial charge is 0.506 e. The van der Waals surface area contributed by atoms with Crippen molar-refractivity contribution in [1.82, 2.24) is 0 Å². The van der Waals surface area contributed by atoms with Crippen LogP contribution < -0.4 is 5.73 Å². The standard InChI is InChI=1S/C8H9Cl2NO2/c9-5-2-1-4(6(11)3-12)8(13)7(5)10/h1-2,6,12-13H,3,11H2/t6-/m0/s1. The highest BCUT2D eigenvalue weighted by molar-refractivity contribution is 6.43. The van der Waals surface area contributed by atoms with Gasteiger partial charge in [0.15, 0.2) is 0 Å². The van der Waals surface area contributed by atoms with Crippen molar-refractivity contribution >= 4 is 23.2 Å². The Labute approximate surface area is 85.7 Å². The molecule has 0 saturated carbocycles. The van der Waals surface area contributed by atoms with E-state index in [1.54, 1.807) is 0 Å². The molecule has 5 heteroatoms. The van der Waals surface area contributed by atoms with Gasteiger partial charge in [-0.3, -0.25) is 0 Å². The Hall–Kier alpha value is -0.480.